The smallest absolute Gasteiger partial charge is 0.308 e. The third-order valence-corrected chi connectivity index (χ3v) is 5.51. The summed E-state index contributed by atoms with van der Waals surface area (Å²) >= 11 is 0. The van der Waals surface area contributed by atoms with Crippen molar-refractivity contribution in [2.24, 2.45) is 11.8 Å². The molecule has 5 nitrogen and oxygen atoms in total. The second kappa shape index (κ2) is 7.43. The van der Waals surface area contributed by atoms with E-state index in [0.717, 1.165) is 23.3 Å². The molecule has 2 fully saturated rings. The van der Waals surface area contributed by atoms with Crippen molar-refractivity contribution < 1.29 is 19.4 Å². The molecule has 1 aliphatic heterocycles. The van der Waals surface area contributed by atoms with Crippen LogP contribution < -0.4 is 4.74 Å². The molecule has 2 aliphatic rings. The predicted octanol–water partition coefficient (Wildman–Crippen LogP) is 3.30. The number of hydrogen-bond donors (Lipinski definition) is 1. The summed E-state index contributed by atoms with van der Waals surface area (Å²) in [6.07, 6.45) is 1.41. The number of nitrogens with zero attached hydrogens (tertiary/aromatic N) is 1. The van der Waals surface area contributed by atoms with Crippen LogP contribution in [0.3, 0.4) is 0 Å². The maximum atomic E-state index is 12.6. The van der Waals surface area contributed by atoms with Gasteiger partial charge in [0.05, 0.1) is 5.92 Å². The highest BCUT2D eigenvalue weighted by molar-refractivity contribution is 5.84. The van der Waals surface area contributed by atoms with Crippen LogP contribution in [0.2, 0.25) is 0 Å². The quantitative estimate of drug-likeness (QED) is 0.853. The van der Waals surface area contributed by atoms with Gasteiger partial charge in [0.1, 0.15) is 12.4 Å². The molecule has 0 radical (unpaired) electrons. The first-order valence-electron chi connectivity index (χ1n) is 9.40. The maximum absolute atomic E-state index is 12.6. The number of benzene rings is 2. The van der Waals surface area contributed by atoms with E-state index in [9.17, 15) is 9.59 Å². The Bertz CT molecular complexity index is 818. The molecule has 1 heterocycles. The molecule has 5 heteroatoms. The lowest BCUT2D eigenvalue weighted by Crippen LogP contribution is -2.31. The molecule has 1 saturated heterocycles. The Balaban J connectivity index is 1.30. The lowest BCUT2D eigenvalue weighted by Gasteiger charge is -2.15. The highest BCUT2D eigenvalue weighted by atomic mass is 16.5. The van der Waals surface area contributed by atoms with Crippen LogP contribution in [0.4, 0.5) is 0 Å². The van der Waals surface area contributed by atoms with E-state index < -0.39 is 11.9 Å². The molecule has 2 aromatic carbocycles. The summed E-state index contributed by atoms with van der Waals surface area (Å²) in [5, 5.41) is 9.09. The number of hydrogen-bond acceptors (Lipinski definition) is 3. The Kier molecular flexibility index (Phi) is 4.84. The second-order valence-electron chi connectivity index (χ2n) is 7.40. The molecule has 2 aromatic rings. The SMILES string of the molecule is O=C(O)[C@@H]1CCN(C(=O)[C@@H]2C[C@H]2c2ccc(OCc3ccccc3)cc2)C1. The van der Waals surface area contributed by atoms with Crippen LogP contribution in [0, 0.1) is 11.8 Å². The molecule has 140 valence electrons. The molecule has 0 bridgehead atoms. The number of carbonyl (C=O) groups excluding carboxylic acids is 1. The summed E-state index contributed by atoms with van der Waals surface area (Å²) in [6.45, 7) is 1.44. The zero-order valence-corrected chi connectivity index (χ0v) is 15.1. The van der Waals surface area contributed by atoms with Gasteiger partial charge in [0.15, 0.2) is 0 Å². The van der Waals surface area contributed by atoms with Gasteiger partial charge < -0.3 is 14.7 Å². The van der Waals surface area contributed by atoms with Gasteiger partial charge in [-0.2, -0.15) is 0 Å². The van der Waals surface area contributed by atoms with Crippen molar-refractivity contribution in [3.63, 3.8) is 0 Å². The van der Waals surface area contributed by atoms with Crippen LogP contribution in [0.15, 0.2) is 54.6 Å². The fourth-order valence-electron chi connectivity index (χ4n) is 3.78. The molecule has 3 atom stereocenters. The van der Waals surface area contributed by atoms with E-state index in [4.69, 9.17) is 9.84 Å². The number of likely N-dealkylation sites (tertiary alicyclic amines) is 1. The number of aliphatic carboxylic acids is 1. The van der Waals surface area contributed by atoms with Crippen molar-refractivity contribution >= 4 is 11.9 Å². The Morgan fingerprint density at radius 2 is 1.81 bits per heavy atom. The highest BCUT2D eigenvalue weighted by Crippen LogP contribution is 2.49. The third-order valence-electron chi connectivity index (χ3n) is 5.51. The summed E-state index contributed by atoms with van der Waals surface area (Å²) < 4.78 is 5.81. The van der Waals surface area contributed by atoms with Crippen molar-refractivity contribution in [1.82, 2.24) is 4.90 Å². The van der Waals surface area contributed by atoms with E-state index in [2.05, 4.69) is 0 Å². The average Bonchev–Trinajstić information content (AvgIpc) is 3.33. The molecule has 0 aromatic heterocycles. The zero-order valence-electron chi connectivity index (χ0n) is 15.1. The van der Waals surface area contributed by atoms with Crippen LogP contribution in [0.5, 0.6) is 5.75 Å². The molecule has 0 unspecified atom stereocenters. The molecule has 4 rings (SSSR count). The normalized spacial score (nSPS) is 23.9. The summed E-state index contributed by atoms with van der Waals surface area (Å²) in [7, 11) is 0. The van der Waals surface area contributed by atoms with Gasteiger partial charge in [-0.25, -0.2) is 0 Å². The number of carbonyl (C=O) groups is 2. The van der Waals surface area contributed by atoms with Gasteiger partial charge in [-0.15, -0.1) is 0 Å². The van der Waals surface area contributed by atoms with Crippen LogP contribution in [0.25, 0.3) is 0 Å². The third kappa shape index (κ3) is 3.97. The van der Waals surface area contributed by atoms with Gasteiger partial charge in [0.25, 0.3) is 0 Å². The van der Waals surface area contributed by atoms with Crippen LogP contribution in [0.1, 0.15) is 29.9 Å². The predicted molar refractivity (Wildman–Crippen MR) is 100 cm³/mol. The Hall–Kier alpha value is -2.82. The molecular weight excluding hydrogens is 342 g/mol. The Morgan fingerprint density at radius 3 is 2.48 bits per heavy atom. The van der Waals surface area contributed by atoms with E-state index in [1.165, 1.54) is 0 Å². The molecule has 1 saturated carbocycles. The maximum Gasteiger partial charge on any atom is 0.308 e. The first kappa shape index (κ1) is 17.6. The first-order chi connectivity index (χ1) is 13.1. The van der Waals surface area contributed by atoms with Crippen LogP contribution >= 0.6 is 0 Å². The van der Waals surface area contributed by atoms with Crippen molar-refractivity contribution in [1.29, 1.82) is 0 Å². The summed E-state index contributed by atoms with van der Waals surface area (Å²) in [5.74, 6) is -0.0581. The Labute approximate surface area is 158 Å². The molecule has 1 amide bonds. The highest BCUT2D eigenvalue weighted by Gasteiger charge is 2.47. The van der Waals surface area contributed by atoms with Gasteiger partial charge in [-0.3, -0.25) is 9.59 Å². The van der Waals surface area contributed by atoms with E-state index in [1.807, 2.05) is 54.6 Å². The van der Waals surface area contributed by atoms with E-state index >= 15 is 0 Å². The van der Waals surface area contributed by atoms with Crippen molar-refractivity contribution in [2.75, 3.05) is 13.1 Å². The first-order valence-corrected chi connectivity index (χ1v) is 9.40. The molecule has 27 heavy (non-hydrogen) atoms. The van der Waals surface area contributed by atoms with Gasteiger partial charge in [-0.1, -0.05) is 42.5 Å². The van der Waals surface area contributed by atoms with Crippen molar-refractivity contribution in [2.45, 2.75) is 25.4 Å². The lowest BCUT2D eigenvalue weighted by molar-refractivity contribution is -0.141. The van der Waals surface area contributed by atoms with Gasteiger partial charge in [-0.05, 0) is 42.0 Å². The summed E-state index contributed by atoms with van der Waals surface area (Å²) in [5.41, 5.74) is 2.27. The van der Waals surface area contributed by atoms with Gasteiger partial charge in [0.2, 0.25) is 5.91 Å². The molecular formula is C22H23NO4. The topological polar surface area (TPSA) is 66.8 Å². The lowest BCUT2D eigenvalue weighted by atomic mass is 10.1. The van der Waals surface area contributed by atoms with E-state index in [-0.39, 0.29) is 17.7 Å². The van der Waals surface area contributed by atoms with E-state index in [1.54, 1.807) is 4.90 Å². The molecule has 0 spiro atoms. The van der Waals surface area contributed by atoms with Crippen molar-refractivity contribution in [3.05, 3.63) is 65.7 Å². The number of carboxylic acid groups (broad SMARTS) is 1. The van der Waals surface area contributed by atoms with Gasteiger partial charge >= 0.3 is 5.97 Å². The number of amides is 1. The largest absolute Gasteiger partial charge is 0.489 e. The number of ether oxygens (including phenoxy) is 1. The van der Waals surface area contributed by atoms with Gasteiger partial charge in [0, 0.05) is 19.0 Å². The minimum absolute atomic E-state index is 0.00590. The minimum Gasteiger partial charge on any atom is -0.489 e. The fourth-order valence-corrected chi connectivity index (χ4v) is 3.78. The number of carboxylic acids is 1. The minimum atomic E-state index is -0.802. The number of rotatable bonds is 6. The van der Waals surface area contributed by atoms with E-state index in [0.29, 0.717) is 26.1 Å². The van der Waals surface area contributed by atoms with Crippen LogP contribution in [-0.4, -0.2) is 35.0 Å². The second-order valence-corrected chi connectivity index (χ2v) is 7.40. The Morgan fingerprint density at radius 1 is 1.07 bits per heavy atom. The average molecular weight is 365 g/mol. The van der Waals surface area contributed by atoms with Crippen molar-refractivity contribution in [3.8, 4) is 5.75 Å². The molecule has 1 N–H and O–H groups in total. The summed E-state index contributed by atoms with van der Waals surface area (Å²) in [4.78, 5) is 25.4. The monoisotopic (exact) mass is 365 g/mol. The fraction of sp³-hybridized carbons (Fsp3) is 0.364. The zero-order chi connectivity index (χ0) is 18.8. The summed E-state index contributed by atoms with van der Waals surface area (Å²) in [6, 6.07) is 18.0. The molecule has 1 aliphatic carbocycles. The van der Waals surface area contributed by atoms with Crippen LogP contribution in [-0.2, 0) is 16.2 Å². The standard InChI is InChI=1S/C22H23NO4/c24-21(23-11-10-17(13-23)22(25)26)20-12-19(20)16-6-8-18(9-7-16)27-14-15-4-2-1-3-5-15/h1-9,17,19-20H,10-14H2,(H,25,26)/t17-,19+,20-/m1/s1.